The highest BCUT2D eigenvalue weighted by molar-refractivity contribution is 5.74. The molecule has 0 aromatic heterocycles. The zero-order valence-corrected chi connectivity index (χ0v) is 9.02. The van der Waals surface area contributed by atoms with E-state index in [1.165, 1.54) is 19.2 Å². The number of aliphatic hydroxyl groups is 1. The zero-order chi connectivity index (χ0) is 12.8. The Balaban J connectivity index is 2.96. The molecule has 0 bridgehead atoms. The Morgan fingerprint density at radius 1 is 1.47 bits per heavy atom. The van der Waals surface area contributed by atoms with Crippen LogP contribution < -0.4 is 4.74 Å². The van der Waals surface area contributed by atoms with Crippen LogP contribution in [0.25, 0.3) is 10.4 Å². The van der Waals surface area contributed by atoms with Crippen LogP contribution in [0.3, 0.4) is 0 Å². The number of hydrogen-bond donors (Lipinski definition) is 2. The lowest BCUT2D eigenvalue weighted by Gasteiger charge is -2.15. The van der Waals surface area contributed by atoms with E-state index in [0.29, 0.717) is 11.3 Å². The van der Waals surface area contributed by atoms with Crippen LogP contribution >= 0.6 is 0 Å². The number of carbonyl (C=O) groups is 1. The van der Waals surface area contributed by atoms with E-state index in [0.717, 1.165) is 0 Å². The lowest BCUT2D eigenvalue weighted by atomic mass is 10.0. The summed E-state index contributed by atoms with van der Waals surface area (Å²) >= 11 is 0. The molecule has 0 aliphatic rings. The molecule has 0 amide bonds. The number of carboxylic acids is 1. The van der Waals surface area contributed by atoms with Gasteiger partial charge in [0.15, 0.2) is 6.04 Å². The summed E-state index contributed by atoms with van der Waals surface area (Å²) in [5.41, 5.74) is 8.57. The highest BCUT2D eigenvalue weighted by atomic mass is 16.5. The highest BCUT2D eigenvalue weighted by Gasteiger charge is 2.26. The van der Waals surface area contributed by atoms with Crippen LogP contribution in [-0.2, 0) is 4.79 Å². The Labute approximate surface area is 96.9 Å². The van der Waals surface area contributed by atoms with Crippen LogP contribution in [0.4, 0.5) is 0 Å². The smallest absolute Gasteiger partial charge is 0.315 e. The van der Waals surface area contributed by atoms with Gasteiger partial charge in [0, 0.05) is 4.91 Å². The van der Waals surface area contributed by atoms with Crippen LogP contribution in [0.15, 0.2) is 29.4 Å². The fraction of sp³-hybridized carbons (Fsp3) is 0.300. The Kier molecular flexibility index (Phi) is 4.33. The molecule has 0 aliphatic carbocycles. The summed E-state index contributed by atoms with van der Waals surface area (Å²) in [6, 6.07) is 4.62. The molecule has 0 heterocycles. The summed E-state index contributed by atoms with van der Waals surface area (Å²) in [6.45, 7) is 0. The average Bonchev–Trinajstić information content (AvgIpc) is 2.35. The molecular weight excluding hydrogens is 226 g/mol. The minimum Gasteiger partial charge on any atom is -0.497 e. The van der Waals surface area contributed by atoms with E-state index in [2.05, 4.69) is 10.0 Å². The summed E-state index contributed by atoms with van der Waals surface area (Å²) in [5, 5.41) is 21.6. The van der Waals surface area contributed by atoms with Crippen molar-refractivity contribution >= 4 is 5.97 Å². The van der Waals surface area contributed by atoms with E-state index in [1.54, 1.807) is 12.1 Å². The Morgan fingerprint density at radius 2 is 2.06 bits per heavy atom. The molecule has 17 heavy (non-hydrogen) atoms. The predicted molar refractivity (Wildman–Crippen MR) is 58.5 cm³/mol. The standard InChI is InChI=1S/C10H11N3O4/c1-17-7-4-2-6(3-5-7)9(14)8(10(15)16)12-13-11/h2-5,8-9,14H,1H3,(H,15,16)/t8-,9-/m0/s1. The molecule has 2 N–H and O–H groups in total. The molecule has 0 spiro atoms. The number of hydrogen-bond acceptors (Lipinski definition) is 4. The van der Waals surface area contributed by atoms with Crippen molar-refractivity contribution < 1.29 is 19.7 Å². The van der Waals surface area contributed by atoms with Crippen molar-refractivity contribution in [1.82, 2.24) is 0 Å². The van der Waals surface area contributed by atoms with Gasteiger partial charge in [-0.25, -0.2) is 0 Å². The summed E-state index contributed by atoms with van der Waals surface area (Å²) in [7, 11) is 1.49. The first kappa shape index (κ1) is 12.8. The van der Waals surface area contributed by atoms with Gasteiger partial charge in [-0.05, 0) is 23.2 Å². The van der Waals surface area contributed by atoms with E-state index in [4.69, 9.17) is 15.4 Å². The fourth-order valence-corrected chi connectivity index (χ4v) is 1.29. The second-order valence-electron chi connectivity index (χ2n) is 3.21. The number of methoxy groups -OCH3 is 1. The summed E-state index contributed by atoms with van der Waals surface area (Å²) in [5.74, 6) is -0.803. The van der Waals surface area contributed by atoms with Crippen molar-refractivity contribution in [2.24, 2.45) is 5.11 Å². The largest absolute Gasteiger partial charge is 0.497 e. The Hall–Kier alpha value is -2.24. The normalized spacial score (nSPS) is 13.3. The summed E-state index contributed by atoms with van der Waals surface area (Å²) < 4.78 is 4.92. The number of benzene rings is 1. The minimum atomic E-state index is -1.55. The van der Waals surface area contributed by atoms with Crippen molar-refractivity contribution in [3.05, 3.63) is 40.3 Å². The Bertz CT molecular complexity index is 437. The number of ether oxygens (including phenoxy) is 1. The maximum Gasteiger partial charge on any atom is 0.315 e. The lowest BCUT2D eigenvalue weighted by molar-refractivity contribution is -0.141. The SMILES string of the molecule is COc1ccc([C@H](O)[C@H](N=[N+]=[N-])C(=O)O)cc1. The third-order valence-corrected chi connectivity index (χ3v) is 2.19. The van der Waals surface area contributed by atoms with Crippen LogP contribution in [0.5, 0.6) is 5.75 Å². The number of rotatable bonds is 5. The van der Waals surface area contributed by atoms with Crippen molar-refractivity contribution in [3.8, 4) is 5.75 Å². The number of azide groups is 1. The molecule has 1 aromatic carbocycles. The third kappa shape index (κ3) is 3.10. The van der Waals surface area contributed by atoms with Gasteiger partial charge in [-0.3, -0.25) is 4.79 Å². The highest BCUT2D eigenvalue weighted by Crippen LogP contribution is 2.22. The zero-order valence-electron chi connectivity index (χ0n) is 9.02. The van der Waals surface area contributed by atoms with E-state index < -0.39 is 18.1 Å². The molecule has 1 rings (SSSR count). The first-order chi connectivity index (χ1) is 8.10. The van der Waals surface area contributed by atoms with Gasteiger partial charge in [0.2, 0.25) is 0 Å². The van der Waals surface area contributed by atoms with Crippen molar-refractivity contribution in [1.29, 1.82) is 0 Å². The van der Waals surface area contributed by atoms with Gasteiger partial charge in [-0.2, -0.15) is 0 Å². The first-order valence-corrected chi connectivity index (χ1v) is 4.69. The number of aliphatic hydroxyl groups excluding tert-OH is 1. The lowest BCUT2D eigenvalue weighted by Crippen LogP contribution is -2.25. The summed E-state index contributed by atoms with van der Waals surface area (Å²) in [4.78, 5) is 13.2. The quantitative estimate of drug-likeness (QED) is 0.458. The first-order valence-electron chi connectivity index (χ1n) is 4.69. The van der Waals surface area contributed by atoms with Gasteiger partial charge in [0.05, 0.1) is 13.2 Å². The predicted octanol–water partition coefficient (Wildman–Crippen LogP) is 1.49. The average molecular weight is 237 g/mol. The Morgan fingerprint density at radius 3 is 2.47 bits per heavy atom. The molecule has 0 fully saturated rings. The van der Waals surface area contributed by atoms with Gasteiger partial charge in [-0.15, -0.1) is 0 Å². The van der Waals surface area contributed by atoms with Crippen LogP contribution in [0.2, 0.25) is 0 Å². The minimum absolute atomic E-state index is 0.339. The van der Waals surface area contributed by atoms with E-state index in [-0.39, 0.29) is 0 Å². The maximum atomic E-state index is 10.8. The molecular formula is C10H11N3O4. The number of carboxylic acid groups (broad SMARTS) is 1. The van der Waals surface area contributed by atoms with Crippen molar-refractivity contribution in [2.45, 2.75) is 12.1 Å². The van der Waals surface area contributed by atoms with Gasteiger partial charge in [-0.1, -0.05) is 17.2 Å². The van der Waals surface area contributed by atoms with E-state index in [1.807, 2.05) is 0 Å². The van der Waals surface area contributed by atoms with Crippen LogP contribution in [-0.4, -0.2) is 29.3 Å². The number of aliphatic carboxylic acids is 1. The van der Waals surface area contributed by atoms with Crippen molar-refractivity contribution in [2.75, 3.05) is 7.11 Å². The fourth-order valence-electron chi connectivity index (χ4n) is 1.29. The van der Waals surface area contributed by atoms with Crippen LogP contribution in [0.1, 0.15) is 11.7 Å². The molecule has 90 valence electrons. The number of nitrogens with zero attached hydrogens (tertiary/aromatic N) is 3. The molecule has 1 aromatic rings. The third-order valence-electron chi connectivity index (χ3n) is 2.19. The molecule has 2 atom stereocenters. The van der Waals surface area contributed by atoms with Gasteiger partial charge in [0.25, 0.3) is 0 Å². The van der Waals surface area contributed by atoms with Gasteiger partial charge < -0.3 is 14.9 Å². The maximum absolute atomic E-state index is 10.8. The molecule has 7 heteroatoms. The molecule has 0 aliphatic heterocycles. The monoisotopic (exact) mass is 237 g/mol. The second-order valence-corrected chi connectivity index (χ2v) is 3.21. The van der Waals surface area contributed by atoms with Gasteiger partial charge in [0.1, 0.15) is 5.75 Å². The van der Waals surface area contributed by atoms with E-state index in [9.17, 15) is 9.90 Å². The van der Waals surface area contributed by atoms with Crippen LogP contribution in [0, 0.1) is 0 Å². The summed E-state index contributed by atoms with van der Waals surface area (Å²) in [6.07, 6.45) is -1.39. The van der Waals surface area contributed by atoms with Crippen molar-refractivity contribution in [3.63, 3.8) is 0 Å². The topological polar surface area (TPSA) is 116 Å². The molecule has 0 saturated carbocycles. The second kappa shape index (κ2) is 5.74. The van der Waals surface area contributed by atoms with Gasteiger partial charge >= 0.3 is 5.97 Å². The molecule has 0 radical (unpaired) electrons. The molecule has 0 saturated heterocycles. The molecule has 0 unspecified atom stereocenters. The molecule has 7 nitrogen and oxygen atoms in total. The van der Waals surface area contributed by atoms with E-state index >= 15 is 0 Å².